The van der Waals surface area contributed by atoms with Crippen LogP contribution in [-0.2, 0) is 4.79 Å². The summed E-state index contributed by atoms with van der Waals surface area (Å²) >= 11 is 3.12. The number of amides is 2. The second-order valence-electron chi connectivity index (χ2n) is 5.25. The number of carbonyl (C=O) groups excluding carboxylic acids is 2. The summed E-state index contributed by atoms with van der Waals surface area (Å²) < 4.78 is 53.9. The van der Waals surface area contributed by atoms with Crippen LogP contribution in [0.5, 0.6) is 5.75 Å². The molecule has 0 radical (unpaired) electrons. The van der Waals surface area contributed by atoms with Crippen LogP contribution in [0, 0.1) is 5.82 Å². The summed E-state index contributed by atoms with van der Waals surface area (Å²) in [6.45, 7) is -0.0492. The minimum absolute atomic E-state index is 0.0492. The Balaban J connectivity index is 1.85. The lowest BCUT2D eigenvalue weighted by atomic mass is 10.2. The number of anilines is 1. The summed E-state index contributed by atoms with van der Waals surface area (Å²) in [7, 11) is 0. The first-order valence-corrected chi connectivity index (χ1v) is 8.32. The minimum Gasteiger partial charge on any atom is -0.406 e. The molecule has 2 rings (SSSR count). The van der Waals surface area contributed by atoms with Crippen LogP contribution in [0.1, 0.15) is 16.8 Å². The predicted octanol–water partition coefficient (Wildman–Crippen LogP) is 4.25. The molecule has 0 aliphatic carbocycles. The topological polar surface area (TPSA) is 67.4 Å². The maximum atomic E-state index is 13.2. The summed E-state index contributed by atoms with van der Waals surface area (Å²) in [5.41, 5.74) is 0.188. The van der Waals surface area contributed by atoms with Crippen LogP contribution in [-0.4, -0.2) is 24.7 Å². The number of carbonyl (C=O) groups is 2. The summed E-state index contributed by atoms with van der Waals surface area (Å²) in [6, 6.07) is 8.42. The van der Waals surface area contributed by atoms with E-state index in [1.807, 2.05) is 0 Å². The van der Waals surface area contributed by atoms with Gasteiger partial charge in [0.2, 0.25) is 5.91 Å². The minimum atomic E-state index is -4.84. The van der Waals surface area contributed by atoms with Crippen molar-refractivity contribution in [1.29, 1.82) is 0 Å². The molecule has 2 aromatic carbocycles. The fourth-order valence-electron chi connectivity index (χ4n) is 2.05. The Morgan fingerprint density at radius 2 is 1.85 bits per heavy atom. The van der Waals surface area contributed by atoms with Crippen LogP contribution in [0.25, 0.3) is 0 Å². The van der Waals surface area contributed by atoms with Crippen LogP contribution in [0.15, 0.2) is 46.9 Å². The molecule has 27 heavy (non-hydrogen) atoms. The van der Waals surface area contributed by atoms with E-state index in [2.05, 4.69) is 31.3 Å². The first kappa shape index (κ1) is 20.7. The predicted molar refractivity (Wildman–Crippen MR) is 92.8 cm³/mol. The quantitative estimate of drug-likeness (QED) is 0.649. The highest BCUT2D eigenvalue weighted by Crippen LogP contribution is 2.25. The molecule has 10 heteroatoms. The van der Waals surface area contributed by atoms with E-state index < -0.39 is 29.7 Å². The maximum absolute atomic E-state index is 13.2. The Kier molecular flexibility index (Phi) is 6.78. The molecule has 0 heterocycles. The van der Waals surface area contributed by atoms with Gasteiger partial charge in [-0.1, -0.05) is 6.07 Å². The Morgan fingerprint density at radius 1 is 1.11 bits per heavy atom. The lowest BCUT2D eigenvalue weighted by molar-refractivity contribution is -0.274. The Bertz CT molecular complexity index is 843. The standard InChI is InChI=1S/C17H13BrF4N2O3/c18-14-5-4-10(19)8-13(14)16(26)23-7-6-15(25)24-11-2-1-3-12(9-11)27-17(20,21)22/h1-5,8-9H,6-7H2,(H,23,26)(H,24,25). The lowest BCUT2D eigenvalue weighted by Crippen LogP contribution is -2.28. The molecule has 5 nitrogen and oxygen atoms in total. The molecular weight excluding hydrogens is 436 g/mol. The fraction of sp³-hybridized carbons (Fsp3) is 0.176. The lowest BCUT2D eigenvalue weighted by Gasteiger charge is -2.11. The van der Waals surface area contributed by atoms with Gasteiger partial charge in [0, 0.05) is 29.2 Å². The van der Waals surface area contributed by atoms with Crippen molar-refractivity contribution in [2.75, 3.05) is 11.9 Å². The number of halogens is 5. The second-order valence-corrected chi connectivity index (χ2v) is 6.11. The van der Waals surface area contributed by atoms with Gasteiger partial charge in [0.25, 0.3) is 5.91 Å². The highest BCUT2D eigenvalue weighted by atomic mass is 79.9. The summed E-state index contributed by atoms with van der Waals surface area (Å²) in [5, 5.41) is 4.85. The number of ether oxygens (including phenoxy) is 1. The molecule has 0 spiro atoms. The molecule has 0 aliphatic heterocycles. The van der Waals surface area contributed by atoms with Gasteiger partial charge in [-0.05, 0) is 46.3 Å². The normalized spacial score (nSPS) is 11.0. The first-order valence-electron chi connectivity index (χ1n) is 7.53. The van der Waals surface area contributed by atoms with Crippen molar-refractivity contribution < 1.29 is 31.9 Å². The average molecular weight is 449 g/mol. The molecule has 0 atom stereocenters. The van der Waals surface area contributed by atoms with Crippen LogP contribution in [0.4, 0.5) is 23.2 Å². The second kappa shape index (κ2) is 8.85. The van der Waals surface area contributed by atoms with Crippen molar-refractivity contribution in [2.45, 2.75) is 12.8 Å². The number of benzene rings is 2. The molecule has 0 aromatic heterocycles. The van der Waals surface area contributed by atoms with E-state index >= 15 is 0 Å². The molecule has 0 bridgehead atoms. The van der Waals surface area contributed by atoms with Gasteiger partial charge in [0.05, 0.1) is 5.56 Å². The third kappa shape index (κ3) is 6.89. The van der Waals surface area contributed by atoms with Crippen molar-refractivity contribution in [1.82, 2.24) is 5.32 Å². The maximum Gasteiger partial charge on any atom is 0.573 e. The Hall–Kier alpha value is -2.62. The van der Waals surface area contributed by atoms with E-state index in [1.165, 1.54) is 24.3 Å². The number of nitrogens with one attached hydrogen (secondary N) is 2. The number of alkyl halides is 3. The average Bonchev–Trinajstić information content (AvgIpc) is 2.55. The zero-order valence-corrected chi connectivity index (χ0v) is 15.2. The van der Waals surface area contributed by atoms with Gasteiger partial charge in [0.15, 0.2) is 0 Å². The number of rotatable bonds is 6. The smallest absolute Gasteiger partial charge is 0.406 e. The largest absolute Gasteiger partial charge is 0.573 e. The number of hydrogen-bond donors (Lipinski definition) is 2. The summed E-state index contributed by atoms with van der Waals surface area (Å²) in [5.74, 6) is -2.15. The monoisotopic (exact) mass is 448 g/mol. The molecule has 2 aromatic rings. The van der Waals surface area contributed by atoms with Crippen molar-refractivity contribution in [3.63, 3.8) is 0 Å². The van der Waals surface area contributed by atoms with Gasteiger partial charge in [-0.15, -0.1) is 13.2 Å². The summed E-state index contributed by atoms with van der Waals surface area (Å²) in [4.78, 5) is 23.8. The van der Waals surface area contributed by atoms with Crippen LogP contribution in [0.3, 0.4) is 0 Å². The van der Waals surface area contributed by atoms with E-state index in [-0.39, 0.29) is 24.2 Å². The Morgan fingerprint density at radius 3 is 2.56 bits per heavy atom. The van der Waals surface area contributed by atoms with Crippen molar-refractivity contribution >= 4 is 33.4 Å². The van der Waals surface area contributed by atoms with Gasteiger partial charge < -0.3 is 15.4 Å². The third-order valence-corrected chi connectivity index (χ3v) is 3.85. The molecule has 0 saturated carbocycles. The molecule has 0 fully saturated rings. The molecule has 2 amide bonds. The molecule has 0 unspecified atom stereocenters. The number of hydrogen-bond acceptors (Lipinski definition) is 3. The zero-order chi connectivity index (χ0) is 20.0. The SMILES string of the molecule is O=C(CCNC(=O)c1cc(F)ccc1Br)Nc1cccc(OC(F)(F)F)c1. The van der Waals surface area contributed by atoms with Gasteiger partial charge >= 0.3 is 6.36 Å². The highest BCUT2D eigenvalue weighted by Gasteiger charge is 2.31. The van der Waals surface area contributed by atoms with Gasteiger partial charge in [0.1, 0.15) is 11.6 Å². The molecule has 144 valence electrons. The van der Waals surface area contributed by atoms with Crippen molar-refractivity contribution in [3.8, 4) is 5.75 Å². The fourth-order valence-corrected chi connectivity index (χ4v) is 2.48. The van der Waals surface area contributed by atoms with E-state index in [1.54, 1.807) is 0 Å². The van der Waals surface area contributed by atoms with Gasteiger partial charge in [-0.25, -0.2) is 4.39 Å². The molecule has 0 aliphatic rings. The molecule has 0 saturated heterocycles. The van der Waals surface area contributed by atoms with Crippen molar-refractivity contribution in [2.24, 2.45) is 0 Å². The van der Waals surface area contributed by atoms with Crippen LogP contribution < -0.4 is 15.4 Å². The van der Waals surface area contributed by atoms with Crippen LogP contribution in [0.2, 0.25) is 0 Å². The van der Waals surface area contributed by atoms with Crippen LogP contribution >= 0.6 is 15.9 Å². The molecular formula is C17H13BrF4N2O3. The van der Waals surface area contributed by atoms with Gasteiger partial charge in [-0.2, -0.15) is 0 Å². The van der Waals surface area contributed by atoms with E-state index in [9.17, 15) is 27.2 Å². The zero-order valence-electron chi connectivity index (χ0n) is 13.6. The van der Waals surface area contributed by atoms with E-state index in [0.717, 1.165) is 18.2 Å². The Labute approximate surface area is 159 Å². The van der Waals surface area contributed by atoms with E-state index in [0.29, 0.717) is 4.47 Å². The van der Waals surface area contributed by atoms with E-state index in [4.69, 9.17) is 0 Å². The first-order chi connectivity index (χ1) is 12.6. The van der Waals surface area contributed by atoms with Gasteiger partial charge in [-0.3, -0.25) is 9.59 Å². The van der Waals surface area contributed by atoms with Crippen molar-refractivity contribution in [3.05, 3.63) is 58.3 Å². The third-order valence-electron chi connectivity index (χ3n) is 3.16. The molecule has 2 N–H and O–H groups in total. The highest BCUT2D eigenvalue weighted by molar-refractivity contribution is 9.10. The summed E-state index contributed by atoms with van der Waals surface area (Å²) in [6.07, 6.45) is -4.97.